The number of rotatable bonds is 3. The van der Waals surface area contributed by atoms with Crippen molar-refractivity contribution < 1.29 is 9.13 Å². The molecule has 1 aromatic rings. The maximum absolute atomic E-state index is 13.9. The Kier molecular flexibility index (Phi) is 4.49. The van der Waals surface area contributed by atoms with Crippen molar-refractivity contribution in [2.24, 2.45) is 5.92 Å². The van der Waals surface area contributed by atoms with E-state index < -0.39 is 0 Å². The zero-order valence-corrected chi connectivity index (χ0v) is 13.3. The van der Waals surface area contributed by atoms with Crippen molar-refractivity contribution in [2.45, 2.75) is 38.5 Å². The van der Waals surface area contributed by atoms with Crippen LogP contribution in [0.15, 0.2) is 16.6 Å². The van der Waals surface area contributed by atoms with Crippen LogP contribution in [0.4, 0.5) is 10.1 Å². The van der Waals surface area contributed by atoms with E-state index in [1.165, 1.54) is 44.6 Å². The quantitative estimate of drug-likeness (QED) is 0.785. The Labute approximate surface area is 128 Å². The molecular formula is C16H21BrFNO. The highest BCUT2D eigenvalue weighted by Crippen LogP contribution is 2.37. The molecule has 1 aliphatic heterocycles. The molecule has 4 heteroatoms. The van der Waals surface area contributed by atoms with Gasteiger partial charge in [0.2, 0.25) is 0 Å². The zero-order valence-electron chi connectivity index (χ0n) is 11.7. The van der Waals surface area contributed by atoms with Gasteiger partial charge >= 0.3 is 0 Å². The zero-order chi connectivity index (χ0) is 13.9. The average Bonchev–Trinajstić information content (AvgIpc) is 2.46. The third kappa shape index (κ3) is 3.11. The number of anilines is 1. The minimum atomic E-state index is -0.267. The van der Waals surface area contributed by atoms with E-state index in [2.05, 4.69) is 20.8 Å². The number of halogens is 2. The van der Waals surface area contributed by atoms with Gasteiger partial charge in [0, 0.05) is 11.0 Å². The molecule has 0 bridgehead atoms. The minimum Gasteiger partial charge on any atom is -0.486 e. The summed E-state index contributed by atoms with van der Waals surface area (Å²) in [5.41, 5.74) is 0.902. The summed E-state index contributed by atoms with van der Waals surface area (Å²) in [6, 6.07) is 3.45. The Hall–Kier alpha value is -0.770. The summed E-state index contributed by atoms with van der Waals surface area (Å²) in [6.45, 7) is 2.45. The van der Waals surface area contributed by atoms with Gasteiger partial charge in [-0.3, -0.25) is 0 Å². The maximum Gasteiger partial charge on any atom is 0.178 e. The normalized spacial score (nSPS) is 19.6. The first-order chi connectivity index (χ1) is 9.74. The van der Waals surface area contributed by atoms with Gasteiger partial charge in [-0.2, -0.15) is 0 Å². The molecule has 110 valence electrons. The van der Waals surface area contributed by atoms with Gasteiger partial charge in [-0.25, -0.2) is 4.39 Å². The summed E-state index contributed by atoms with van der Waals surface area (Å²) in [5.74, 6) is 1.01. The monoisotopic (exact) mass is 341 g/mol. The first-order valence-electron chi connectivity index (χ1n) is 7.61. The van der Waals surface area contributed by atoms with E-state index in [0.717, 1.165) is 29.2 Å². The maximum atomic E-state index is 13.9. The van der Waals surface area contributed by atoms with Crippen LogP contribution < -0.4 is 9.64 Å². The van der Waals surface area contributed by atoms with E-state index in [4.69, 9.17) is 4.74 Å². The molecule has 1 aliphatic carbocycles. The molecule has 0 atom stereocenters. The van der Waals surface area contributed by atoms with Crippen LogP contribution in [0, 0.1) is 11.7 Å². The number of nitrogens with zero attached hydrogens (tertiary/aromatic N) is 1. The Morgan fingerprint density at radius 2 is 2.05 bits per heavy atom. The van der Waals surface area contributed by atoms with E-state index in [1.54, 1.807) is 0 Å². The highest BCUT2D eigenvalue weighted by molar-refractivity contribution is 9.10. The van der Waals surface area contributed by atoms with Crippen molar-refractivity contribution in [3.05, 3.63) is 22.4 Å². The molecule has 1 fully saturated rings. The molecule has 0 N–H and O–H groups in total. The molecule has 1 saturated carbocycles. The summed E-state index contributed by atoms with van der Waals surface area (Å²) in [4.78, 5) is 2.28. The first kappa shape index (κ1) is 14.2. The number of benzene rings is 1. The lowest BCUT2D eigenvalue weighted by molar-refractivity contribution is 0.285. The lowest BCUT2D eigenvalue weighted by atomic mass is 9.87. The molecule has 0 spiro atoms. The van der Waals surface area contributed by atoms with E-state index in [-0.39, 0.29) is 5.82 Å². The van der Waals surface area contributed by atoms with Crippen molar-refractivity contribution in [3.63, 3.8) is 0 Å². The Balaban J connectivity index is 1.69. The molecule has 20 heavy (non-hydrogen) atoms. The SMILES string of the molecule is Fc1cc(Br)cc2c1OCCN2CCC1CCCCC1. The molecule has 0 unspecified atom stereocenters. The van der Waals surface area contributed by atoms with E-state index in [1.807, 2.05) is 6.07 Å². The predicted molar refractivity (Wildman–Crippen MR) is 83.0 cm³/mol. The largest absolute Gasteiger partial charge is 0.486 e. The van der Waals surface area contributed by atoms with E-state index in [0.29, 0.717) is 12.4 Å². The number of hydrogen-bond donors (Lipinski definition) is 0. The van der Waals surface area contributed by atoms with Crippen LogP contribution in [0.3, 0.4) is 0 Å². The Morgan fingerprint density at radius 1 is 1.25 bits per heavy atom. The lowest BCUT2D eigenvalue weighted by Gasteiger charge is -2.33. The molecule has 0 radical (unpaired) electrons. The Bertz CT molecular complexity index is 474. The van der Waals surface area contributed by atoms with Gasteiger partial charge in [0.05, 0.1) is 12.2 Å². The molecule has 2 aliphatic rings. The molecule has 1 aromatic carbocycles. The van der Waals surface area contributed by atoms with Gasteiger partial charge < -0.3 is 9.64 Å². The van der Waals surface area contributed by atoms with Crippen molar-refractivity contribution in [1.82, 2.24) is 0 Å². The van der Waals surface area contributed by atoms with E-state index >= 15 is 0 Å². The molecule has 0 amide bonds. The third-order valence-corrected chi connectivity index (χ3v) is 4.93. The van der Waals surface area contributed by atoms with Crippen LogP contribution in [0.1, 0.15) is 38.5 Å². The minimum absolute atomic E-state index is 0.267. The third-order valence-electron chi connectivity index (χ3n) is 4.47. The fourth-order valence-corrected chi connectivity index (χ4v) is 3.77. The van der Waals surface area contributed by atoms with Crippen LogP contribution >= 0.6 is 15.9 Å². The Morgan fingerprint density at radius 3 is 2.85 bits per heavy atom. The van der Waals surface area contributed by atoms with Gasteiger partial charge in [-0.1, -0.05) is 48.0 Å². The lowest BCUT2D eigenvalue weighted by Crippen LogP contribution is -2.34. The van der Waals surface area contributed by atoms with Crippen LogP contribution in [0.2, 0.25) is 0 Å². The van der Waals surface area contributed by atoms with Crippen LogP contribution in [-0.4, -0.2) is 19.7 Å². The van der Waals surface area contributed by atoms with Crippen molar-refractivity contribution in [1.29, 1.82) is 0 Å². The first-order valence-corrected chi connectivity index (χ1v) is 8.40. The van der Waals surface area contributed by atoms with Crippen LogP contribution in [0.25, 0.3) is 0 Å². The van der Waals surface area contributed by atoms with Crippen molar-refractivity contribution in [2.75, 3.05) is 24.6 Å². The summed E-state index contributed by atoms with van der Waals surface area (Å²) >= 11 is 3.37. The number of hydrogen-bond acceptors (Lipinski definition) is 2. The summed E-state index contributed by atoms with van der Waals surface area (Å²) in [5, 5.41) is 0. The highest BCUT2D eigenvalue weighted by Gasteiger charge is 2.23. The summed E-state index contributed by atoms with van der Waals surface area (Å²) < 4.78 is 20.2. The van der Waals surface area contributed by atoms with Gasteiger partial charge in [0.1, 0.15) is 6.61 Å². The molecule has 3 rings (SSSR count). The van der Waals surface area contributed by atoms with Gasteiger partial charge in [-0.05, 0) is 24.5 Å². The fraction of sp³-hybridized carbons (Fsp3) is 0.625. The fourth-order valence-electron chi connectivity index (χ4n) is 3.35. The van der Waals surface area contributed by atoms with Gasteiger partial charge in [0.25, 0.3) is 0 Å². The standard InChI is InChI=1S/C16H21BrFNO/c17-13-10-14(18)16-15(11-13)19(8-9-20-16)7-6-12-4-2-1-3-5-12/h10-12H,1-9H2. The van der Waals surface area contributed by atoms with Crippen molar-refractivity contribution >= 4 is 21.6 Å². The number of ether oxygens (including phenoxy) is 1. The van der Waals surface area contributed by atoms with Crippen molar-refractivity contribution in [3.8, 4) is 5.75 Å². The van der Waals surface area contributed by atoms with Crippen LogP contribution in [0.5, 0.6) is 5.75 Å². The number of fused-ring (bicyclic) bond motifs is 1. The molecule has 0 aromatic heterocycles. The van der Waals surface area contributed by atoms with Gasteiger partial charge in [0.15, 0.2) is 11.6 Å². The highest BCUT2D eigenvalue weighted by atomic mass is 79.9. The second kappa shape index (κ2) is 6.33. The molecule has 2 nitrogen and oxygen atoms in total. The second-order valence-electron chi connectivity index (χ2n) is 5.86. The summed E-state index contributed by atoms with van der Waals surface area (Å²) in [7, 11) is 0. The summed E-state index contributed by atoms with van der Waals surface area (Å²) in [6.07, 6.45) is 8.10. The predicted octanol–water partition coefficient (Wildman–Crippen LogP) is 4.76. The second-order valence-corrected chi connectivity index (χ2v) is 6.78. The molecule has 1 heterocycles. The van der Waals surface area contributed by atoms with Gasteiger partial charge in [-0.15, -0.1) is 0 Å². The average molecular weight is 342 g/mol. The molecular weight excluding hydrogens is 321 g/mol. The van der Waals surface area contributed by atoms with E-state index in [9.17, 15) is 4.39 Å². The topological polar surface area (TPSA) is 12.5 Å². The van der Waals surface area contributed by atoms with Crippen LogP contribution in [-0.2, 0) is 0 Å². The molecule has 0 saturated heterocycles. The smallest absolute Gasteiger partial charge is 0.178 e.